The SMILES string of the molecule is CC1(C)c2cc(-c3ccc(-c4ccc5ccc6c(-c7ccccc7)ccc7ccc4c5c76)cc3)ccc2-c2ccc(-c3ccc4cc(-c5ccc6ccc7cccc8ccc5c6c78)ccc4c3)cc21. The van der Waals surface area contributed by atoms with Crippen LogP contribution in [0, 0.1) is 0 Å². The Morgan fingerprint density at radius 1 is 0.217 bits per heavy atom. The van der Waals surface area contributed by atoms with Crippen LogP contribution in [0.5, 0.6) is 0 Å². The predicted octanol–water partition coefficient (Wildman–Crippen LogP) is 19.3. The Hall–Kier alpha value is -8.58. The molecule has 320 valence electrons. The predicted molar refractivity (Wildman–Crippen MR) is 296 cm³/mol. The van der Waals surface area contributed by atoms with E-state index in [1.165, 1.54) is 153 Å². The molecule has 0 spiro atoms. The van der Waals surface area contributed by atoms with Crippen molar-refractivity contribution < 1.29 is 0 Å². The fourth-order valence-electron chi connectivity index (χ4n) is 12.4. The molecule has 0 saturated carbocycles. The topological polar surface area (TPSA) is 0 Å². The van der Waals surface area contributed by atoms with E-state index in [0.717, 1.165) is 0 Å². The molecule has 0 heterocycles. The van der Waals surface area contributed by atoms with Crippen molar-refractivity contribution in [3.63, 3.8) is 0 Å². The second-order valence-corrected chi connectivity index (χ2v) is 20.0. The number of benzene rings is 14. The van der Waals surface area contributed by atoms with Gasteiger partial charge in [-0.1, -0.05) is 220 Å². The molecule has 0 heteroatoms. The summed E-state index contributed by atoms with van der Waals surface area (Å²) in [6, 6.07) is 87.0. The Morgan fingerprint density at radius 3 is 1.13 bits per heavy atom. The standard InChI is InChI=1S/C69H44/c1-69(2)63-39-52(41-11-13-43(14-12-41)56-30-22-48-25-35-60-55(42-7-4-3-5-8-42)29-21-47-26-36-61(56)68(48)67(47)60)27-32-58(63)59-33-28-53(40-64(59)69)50-17-18-51-38-54(20-19-49(51)37-50)57-31-23-46-16-15-44-9-6-10-45-24-34-62(57)66(46)65(44)45/h3-40H,1-2H3. The maximum absolute atomic E-state index is 2.45. The zero-order valence-electron chi connectivity index (χ0n) is 38.4. The third-order valence-electron chi connectivity index (χ3n) is 16.0. The highest BCUT2D eigenvalue weighted by atomic mass is 14.4. The molecule has 0 radical (unpaired) electrons. The van der Waals surface area contributed by atoms with E-state index < -0.39 is 0 Å². The summed E-state index contributed by atoms with van der Waals surface area (Å²) >= 11 is 0. The summed E-state index contributed by atoms with van der Waals surface area (Å²) in [6.07, 6.45) is 0. The van der Waals surface area contributed by atoms with Crippen LogP contribution >= 0.6 is 0 Å². The molecule has 1 aliphatic rings. The molecule has 0 atom stereocenters. The van der Waals surface area contributed by atoms with Crippen LogP contribution in [0.1, 0.15) is 25.0 Å². The Morgan fingerprint density at radius 2 is 0.565 bits per heavy atom. The lowest BCUT2D eigenvalue weighted by molar-refractivity contribution is 0.661. The first-order chi connectivity index (χ1) is 33.9. The largest absolute Gasteiger partial charge is 0.0622 e. The van der Waals surface area contributed by atoms with Gasteiger partial charge in [-0.15, -0.1) is 0 Å². The van der Waals surface area contributed by atoms with Crippen molar-refractivity contribution in [3.8, 4) is 66.8 Å². The Balaban J connectivity index is 0.733. The Kier molecular flexibility index (Phi) is 7.94. The Labute approximate surface area is 401 Å². The molecule has 0 fully saturated rings. The molecule has 0 amide bonds. The van der Waals surface area contributed by atoms with Crippen molar-refractivity contribution in [2.45, 2.75) is 19.3 Å². The fourth-order valence-corrected chi connectivity index (χ4v) is 12.4. The van der Waals surface area contributed by atoms with Gasteiger partial charge >= 0.3 is 0 Å². The second-order valence-electron chi connectivity index (χ2n) is 20.0. The highest BCUT2D eigenvalue weighted by Crippen LogP contribution is 2.51. The summed E-state index contributed by atoms with van der Waals surface area (Å²) in [5.41, 5.74) is 17.9. The molecule has 14 aromatic rings. The lowest BCUT2D eigenvalue weighted by Gasteiger charge is -2.23. The molecular formula is C69H44. The third-order valence-corrected chi connectivity index (χ3v) is 16.0. The summed E-state index contributed by atoms with van der Waals surface area (Å²) in [4.78, 5) is 0. The van der Waals surface area contributed by atoms with Crippen LogP contribution in [-0.4, -0.2) is 0 Å². The van der Waals surface area contributed by atoms with Crippen LogP contribution in [0.2, 0.25) is 0 Å². The average Bonchev–Trinajstić information content (AvgIpc) is 3.63. The maximum Gasteiger partial charge on any atom is 0.0159 e. The van der Waals surface area contributed by atoms with E-state index in [1.54, 1.807) is 0 Å². The molecule has 1 aliphatic carbocycles. The summed E-state index contributed by atoms with van der Waals surface area (Å²) in [5.74, 6) is 0. The molecule has 0 saturated heterocycles. The molecule has 0 unspecified atom stereocenters. The maximum atomic E-state index is 2.45. The summed E-state index contributed by atoms with van der Waals surface area (Å²) in [6.45, 7) is 4.79. The lowest BCUT2D eigenvalue weighted by atomic mass is 9.80. The number of rotatable bonds is 5. The van der Waals surface area contributed by atoms with Gasteiger partial charge < -0.3 is 0 Å². The van der Waals surface area contributed by atoms with E-state index in [2.05, 4.69) is 244 Å². The summed E-state index contributed by atoms with van der Waals surface area (Å²) in [5, 5.41) is 18.3. The third kappa shape index (κ3) is 5.64. The van der Waals surface area contributed by atoms with E-state index in [1.807, 2.05) is 0 Å². The molecule has 0 aromatic heterocycles. The van der Waals surface area contributed by atoms with Crippen molar-refractivity contribution in [2.75, 3.05) is 0 Å². The van der Waals surface area contributed by atoms with Gasteiger partial charge in [-0.2, -0.15) is 0 Å². The van der Waals surface area contributed by atoms with Gasteiger partial charge in [0.2, 0.25) is 0 Å². The van der Waals surface area contributed by atoms with Gasteiger partial charge in [0, 0.05) is 5.41 Å². The highest BCUT2D eigenvalue weighted by molar-refractivity contribution is 6.28. The van der Waals surface area contributed by atoms with E-state index in [-0.39, 0.29) is 5.41 Å². The Bertz CT molecular complexity index is 4400. The van der Waals surface area contributed by atoms with Crippen LogP contribution in [0.3, 0.4) is 0 Å². The van der Waals surface area contributed by atoms with Gasteiger partial charge in [-0.3, -0.25) is 0 Å². The number of hydrogen-bond acceptors (Lipinski definition) is 0. The minimum Gasteiger partial charge on any atom is -0.0622 e. The van der Waals surface area contributed by atoms with E-state index >= 15 is 0 Å². The molecule has 0 nitrogen and oxygen atoms in total. The van der Waals surface area contributed by atoms with Gasteiger partial charge in [0.05, 0.1) is 0 Å². The first-order valence-electron chi connectivity index (χ1n) is 24.3. The summed E-state index contributed by atoms with van der Waals surface area (Å²) < 4.78 is 0. The van der Waals surface area contributed by atoms with Gasteiger partial charge in [0.15, 0.2) is 0 Å². The molecular weight excluding hydrogens is 829 g/mol. The van der Waals surface area contributed by atoms with Gasteiger partial charge in [-0.25, -0.2) is 0 Å². The highest BCUT2D eigenvalue weighted by Gasteiger charge is 2.36. The summed E-state index contributed by atoms with van der Waals surface area (Å²) in [7, 11) is 0. The van der Waals surface area contributed by atoms with E-state index in [0.29, 0.717) is 0 Å². The quantitative estimate of drug-likeness (QED) is 0.151. The van der Waals surface area contributed by atoms with Crippen molar-refractivity contribution in [3.05, 3.63) is 242 Å². The molecule has 14 aromatic carbocycles. The van der Waals surface area contributed by atoms with Crippen molar-refractivity contribution >= 4 is 75.4 Å². The van der Waals surface area contributed by atoms with E-state index in [9.17, 15) is 0 Å². The first-order valence-corrected chi connectivity index (χ1v) is 24.3. The molecule has 0 N–H and O–H groups in total. The van der Waals surface area contributed by atoms with Crippen LogP contribution in [0.15, 0.2) is 231 Å². The van der Waals surface area contributed by atoms with Crippen LogP contribution in [-0.2, 0) is 5.41 Å². The smallest absolute Gasteiger partial charge is 0.0159 e. The number of fused-ring (bicyclic) bond motifs is 4. The minimum absolute atomic E-state index is 0.148. The monoisotopic (exact) mass is 872 g/mol. The average molecular weight is 873 g/mol. The molecule has 15 rings (SSSR count). The van der Waals surface area contributed by atoms with Crippen molar-refractivity contribution in [2.24, 2.45) is 0 Å². The van der Waals surface area contributed by atoms with Crippen LogP contribution in [0.4, 0.5) is 0 Å². The number of hydrogen-bond donors (Lipinski definition) is 0. The molecule has 0 bridgehead atoms. The zero-order valence-corrected chi connectivity index (χ0v) is 38.4. The normalized spacial score (nSPS) is 13.2. The van der Waals surface area contributed by atoms with Gasteiger partial charge in [0.25, 0.3) is 0 Å². The van der Waals surface area contributed by atoms with Crippen molar-refractivity contribution in [1.82, 2.24) is 0 Å². The lowest BCUT2D eigenvalue weighted by Crippen LogP contribution is -2.15. The van der Waals surface area contributed by atoms with Gasteiger partial charge in [0.1, 0.15) is 0 Å². The molecule has 69 heavy (non-hydrogen) atoms. The first kappa shape index (κ1) is 38.5. The fraction of sp³-hybridized carbons (Fsp3) is 0.0435. The van der Waals surface area contributed by atoms with Gasteiger partial charge in [-0.05, 0) is 178 Å². The minimum atomic E-state index is -0.148. The molecule has 0 aliphatic heterocycles. The zero-order chi connectivity index (χ0) is 45.5. The van der Waals surface area contributed by atoms with Crippen LogP contribution in [0.25, 0.3) is 142 Å². The second kappa shape index (κ2) is 14.2. The van der Waals surface area contributed by atoms with Crippen LogP contribution < -0.4 is 0 Å². The van der Waals surface area contributed by atoms with Crippen molar-refractivity contribution in [1.29, 1.82) is 0 Å². The van der Waals surface area contributed by atoms with E-state index in [4.69, 9.17) is 0 Å².